The number of hydrogen-bond donors (Lipinski definition) is 2. The lowest BCUT2D eigenvalue weighted by molar-refractivity contribution is -0.111. The quantitative estimate of drug-likeness (QED) is 0.418. The first-order valence-corrected chi connectivity index (χ1v) is 6.54. The Bertz CT molecular complexity index is 349. The molecule has 3 N–H and O–H groups in total. The molecule has 7 heteroatoms. The van der Waals surface area contributed by atoms with Gasteiger partial charge in [-0.1, -0.05) is 0 Å². The SMILES string of the molecule is COC(=O)NCCCC(=O)PC(C)=N/C=C(/C)N. The molecule has 0 fully saturated rings. The van der Waals surface area contributed by atoms with Crippen molar-refractivity contribution in [2.24, 2.45) is 10.7 Å². The Labute approximate surface area is 109 Å². The second-order valence-corrected chi connectivity index (χ2v) is 5.19. The average molecular weight is 273 g/mol. The van der Waals surface area contributed by atoms with Gasteiger partial charge in [-0.3, -0.25) is 9.79 Å². The van der Waals surface area contributed by atoms with Gasteiger partial charge in [0.2, 0.25) is 0 Å². The van der Waals surface area contributed by atoms with Gasteiger partial charge in [0.15, 0.2) is 5.52 Å². The summed E-state index contributed by atoms with van der Waals surface area (Å²) in [5.41, 5.74) is 6.91. The highest BCUT2D eigenvalue weighted by atomic mass is 31.1. The number of ether oxygens (including phenoxy) is 1. The van der Waals surface area contributed by atoms with Gasteiger partial charge >= 0.3 is 6.09 Å². The highest BCUT2D eigenvalue weighted by Gasteiger charge is 2.04. The minimum absolute atomic E-state index is 0.0523. The van der Waals surface area contributed by atoms with Crippen LogP contribution in [0.1, 0.15) is 26.7 Å². The number of methoxy groups -OCH3 is 1. The first-order valence-electron chi connectivity index (χ1n) is 5.54. The molecule has 0 radical (unpaired) electrons. The summed E-state index contributed by atoms with van der Waals surface area (Å²) < 4.78 is 4.41. The van der Waals surface area contributed by atoms with Crippen molar-refractivity contribution in [2.45, 2.75) is 26.7 Å². The van der Waals surface area contributed by atoms with E-state index >= 15 is 0 Å². The third kappa shape index (κ3) is 9.78. The monoisotopic (exact) mass is 273 g/mol. The van der Waals surface area contributed by atoms with Crippen molar-refractivity contribution < 1.29 is 14.3 Å². The van der Waals surface area contributed by atoms with Crippen molar-refractivity contribution in [1.82, 2.24) is 5.32 Å². The zero-order valence-corrected chi connectivity index (χ0v) is 11.9. The number of carbonyl (C=O) groups is 2. The maximum atomic E-state index is 11.5. The molecule has 0 saturated carbocycles. The molecule has 0 aliphatic carbocycles. The number of rotatable bonds is 7. The minimum Gasteiger partial charge on any atom is -0.453 e. The van der Waals surface area contributed by atoms with E-state index in [0.717, 1.165) is 5.45 Å². The molecular weight excluding hydrogens is 253 g/mol. The van der Waals surface area contributed by atoms with Gasteiger partial charge in [0.25, 0.3) is 0 Å². The van der Waals surface area contributed by atoms with Crippen LogP contribution in [-0.2, 0) is 9.53 Å². The first kappa shape index (κ1) is 16.6. The molecule has 0 aromatic rings. The Morgan fingerprint density at radius 2 is 2.11 bits per heavy atom. The van der Waals surface area contributed by atoms with Crippen molar-refractivity contribution >= 4 is 25.7 Å². The highest BCUT2D eigenvalue weighted by Crippen LogP contribution is 2.17. The summed E-state index contributed by atoms with van der Waals surface area (Å²) in [6, 6.07) is 0. The van der Waals surface area contributed by atoms with E-state index in [9.17, 15) is 9.59 Å². The number of alkyl carbamates (subject to hydrolysis) is 1. The van der Waals surface area contributed by atoms with Crippen LogP contribution in [0.4, 0.5) is 4.79 Å². The van der Waals surface area contributed by atoms with Crippen molar-refractivity contribution in [3.63, 3.8) is 0 Å². The molecule has 0 aliphatic rings. The lowest BCUT2D eigenvalue weighted by Crippen LogP contribution is -2.24. The Balaban J connectivity index is 3.81. The standard InChI is InChI=1S/C11H20N3O3P/c1-8(12)7-14-9(2)18-10(15)5-4-6-13-11(16)17-3/h7,18H,4-6,12H2,1-3H3,(H,13,16)/b8-7-,14-9?. The topological polar surface area (TPSA) is 93.8 Å². The Morgan fingerprint density at radius 3 is 2.67 bits per heavy atom. The van der Waals surface area contributed by atoms with Crippen molar-refractivity contribution in [2.75, 3.05) is 13.7 Å². The molecule has 102 valence electrons. The molecule has 0 heterocycles. The van der Waals surface area contributed by atoms with Crippen LogP contribution in [0.2, 0.25) is 0 Å². The number of amides is 1. The Morgan fingerprint density at radius 1 is 1.44 bits per heavy atom. The fourth-order valence-electron chi connectivity index (χ4n) is 1.01. The summed E-state index contributed by atoms with van der Waals surface area (Å²) in [7, 11) is 1.35. The van der Waals surface area contributed by atoms with E-state index in [4.69, 9.17) is 5.73 Å². The van der Waals surface area contributed by atoms with Crippen LogP contribution in [0.25, 0.3) is 0 Å². The van der Waals surface area contributed by atoms with Crippen LogP contribution in [0.15, 0.2) is 16.9 Å². The average Bonchev–Trinajstić information content (AvgIpc) is 2.31. The fraction of sp³-hybridized carbons (Fsp3) is 0.545. The van der Waals surface area contributed by atoms with Crippen LogP contribution in [0.3, 0.4) is 0 Å². The Kier molecular flexibility index (Phi) is 8.84. The van der Waals surface area contributed by atoms with E-state index in [1.807, 2.05) is 0 Å². The van der Waals surface area contributed by atoms with Crippen molar-refractivity contribution in [3.8, 4) is 0 Å². The molecule has 6 nitrogen and oxygen atoms in total. The molecule has 0 aromatic heterocycles. The summed E-state index contributed by atoms with van der Waals surface area (Å²) in [6.07, 6.45) is 2.07. The van der Waals surface area contributed by atoms with Crippen molar-refractivity contribution in [1.29, 1.82) is 0 Å². The van der Waals surface area contributed by atoms with Gasteiger partial charge in [-0.2, -0.15) is 0 Å². The molecule has 1 unspecified atom stereocenters. The number of nitrogens with zero attached hydrogens (tertiary/aromatic N) is 1. The van der Waals surface area contributed by atoms with E-state index < -0.39 is 6.09 Å². The van der Waals surface area contributed by atoms with Crippen LogP contribution < -0.4 is 11.1 Å². The second kappa shape index (κ2) is 9.59. The zero-order chi connectivity index (χ0) is 14.0. The molecule has 0 aliphatic heterocycles. The van der Waals surface area contributed by atoms with Gasteiger partial charge in [-0.25, -0.2) is 4.79 Å². The summed E-state index contributed by atoms with van der Waals surface area (Å²) in [5, 5.41) is 2.51. The molecule has 0 rings (SSSR count). The molecular formula is C11H20N3O3P. The number of aliphatic imine (C=N–C) groups is 1. The molecule has 1 atom stereocenters. The van der Waals surface area contributed by atoms with E-state index in [1.54, 1.807) is 13.8 Å². The molecule has 0 saturated heterocycles. The maximum absolute atomic E-state index is 11.5. The van der Waals surface area contributed by atoms with Gasteiger partial charge in [0.05, 0.1) is 7.11 Å². The third-order valence-corrected chi connectivity index (χ3v) is 2.84. The maximum Gasteiger partial charge on any atom is 0.406 e. The molecule has 0 bridgehead atoms. The van der Waals surface area contributed by atoms with Crippen LogP contribution in [0, 0.1) is 0 Å². The van der Waals surface area contributed by atoms with Crippen LogP contribution in [-0.4, -0.2) is 30.7 Å². The molecule has 0 spiro atoms. The normalized spacial score (nSPS) is 12.8. The Hall–Kier alpha value is -1.42. The van der Waals surface area contributed by atoms with Gasteiger partial charge in [0, 0.05) is 30.3 Å². The molecule has 0 aromatic carbocycles. The highest BCUT2D eigenvalue weighted by molar-refractivity contribution is 7.74. The largest absolute Gasteiger partial charge is 0.453 e. The van der Waals surface area contributed by atoms with Gasteiger partial charge in [-0.05, 0) is 28.8 Å². The smallest absolute Gasteiger partial charge is 0.406 e. The van der Waals surface area contributed by atoms with E-state index in [2.05, 4.69) is 15.0 Å². The number of allylic oxidation sites excluding steroid dienone is 1. The van der Waals surface area contributed by atoms with Crippen LogP contribution in [0.5, 0.6) is 0 Å². The van der Waals surface area contributed by atoms with E-state index in [1.165, 1.54) is 13.3 Å². The zero-order valence-electron chi connectivity index (χ0n) is 10.9. The van der Waals surface area contributed by atoms with Gasteiger partial charge < -0.3 is 15.8 Å². The fourth-order valence-corrected chi connectivity index (χ4v) is 1.84. The van der Waals surface area contributed by atoms with Crippen molar-refractivity contribution in [3.05, 3.63) is 11.9 Å². The van der Waals surface area contributed by atoms with E-state index in [0.29, 0.717) is 25.1 Å². The first-order chi connectivity index (χ1) is 8.45. The predicted molar refractivity (Wildman–Crippen MR) is 74.0 cm³/mol. The van der Waals surface area contributed by atoms with Crippen LogP contribution >= 0.6 is 8.58 Å². The summed E-state index contributed by atoms with van der Waals surface area (Å²) in [6.45, 7) is 3.96. The summed E-state index contributed by atoms with van der Waals surface area (Å²) >= 11 is 0. The molecule has 18 heavy (non-hydrogen) atoms. The summed E-state index contributed by atoms with van der Waals surface area (Å²) in [5.74, 6) is 0. The van der Waals surface area contributed by atoms with Gasteiger partial charge in [0.1, 0.15) is 0 Å². The minimum atomic E-state index is -0.480. The summed E-state index contributed by atoms with van der Waals surface area (Å²) in [4.78, 5) is 26.3. The van der Waals surface area contributed by atoms with Gasteiger partial charge in [-0.15, -0.1) is 0 Å². The predicted octanol–water partition coefficient (Wildman–Crippen LogP) is 1.57. The number of hydrogen-bond acceptors (Lipinski definition) is 5. The third-order valence-electron chi connectivity index (χ3n) is 1.82. The number of nitrogens with two attached hydrogens (primary N) is 1. The lowest BCUT2D eigenvalue weighted by Gasteiger charge is -2.03. The number of carbonyl (C=O) groups excluding carboxylic acids is 2. The second-order valence-electron chi connectivity index (χ2n) is 3.66. The lowest BCUT2D eigenvalue weighted by atomic mass is 10.3. The van der Waals surface area contributed by atoms with E-state index in [-0.39, 0.29) is 14.1 Å². The molecule has 1 amide bonds. The number of nitrogens with one attached hydrogen (secondary N) is 1.